The Balaban J connectivity index is 2.37. The van der Waals surface area contributed by atoms with Crippen LogP contribution in [-0.4, -0.2) is 40.1 Å². The van der Waals surface area contributed by atoms with Crippen LogP contribution in [0.5, 0.6) is 0 Å². The van der Waals surface area contributed by atoms with Gasteiger partial charge in [-0.05, 0) is 17.7 Å². The van der Waals surface area contributed by atoms with Crippen LogP contribution < -0.4 is 0 Å². The van der Waals surface area contributed by atoms with Crippen LogP contribution in [0, 0.1) is 5.82 Å². The van der Waals surface area contributed by atoms with Crippen molar-refractivity contribution in [2.75, 3.05) is 13.2 Å². The van der Waals surface area contributed by atoms with E-state index < -0.39 is 17.7 Å². The van der Waals surface area contributed by atoms with Gasteiger partial charge in [-0.3, -0.25) is 4.79 Å². The lowest BCUT2D eigenvalue weighted by molar-refractivity contribution is -0.134. The number of benzene rings is 1. The molecule has 0 bridgehead atoms. The molecule has 1 aromatic carbocycles. The first-order valence-electron chi connectivity index (χ1n) is 6.13. The summed E-state index contributed by atoms with van der Waals surface area (Å²) in [5, 5.41) is 18.1. The van der Waals surface area contributed by atoms with Crippen molar-refractivity contribution >= 4 is 11.9 Å². The number of amides is 1. The number of aliphatic hydroxyl groups is 1. The van der Waals surface area contributed by atoms with Crippen molar-refractivity contribution in [1.29, 1.82) is 0 Å². The monoisotopic (exact) mass is 279 g/mol. The van der Waals surface area contributed by atoms with E-state index in [0.29, 0.717) is 5.56 Å². The molecule has 1 aliphatic rings. The number of hydrogen-bond donors (Lipinski definition) is 2. The molecular weight excluding hydrogens is 265 g/mol. The Morgan fingerprint density at radius 3 is 2.55 bits per heavy atom. The Morgan fingerprint density at radius 1 is 1.35 bits per heavy atom. The topological polar surface area (TPSA) is 77.8 Å². The van der Waals surface area contributed by atoms with Crippen LogP contribution in [0.1, 0.15) is 17.9 Å². The highest BCUT2D eigenvalue weighted by Gasteiger charge is 2.32. The standard InChI is InChI=1S/C14H14FNO4/c15-10-3-1-9(2-4-10)11-7-13(18)16(5-6-17)8-12(11)14(19)20/h1-4,8,11,17H,5-7H2,(H,19,20)/t11-/m0/s1. The van der Waals surface area contributed by atoms with Crippen LogP contribution in [0.4, 0.5) is 4.39 Å². The van der Waals surface area contributed by atoms with Gasteiger partial charge in [0.05, 0.1) is 12.2 Å². The maximum Gasteiger partial charge on any atom is 0.333 e. The van der Waals surface area contributed by atoms with Crippen molar-refractivity contribution < 1.29 is 24.2 Å². The number of carboxylic acids is 1. The minimum Gasteiger partial charge on any atom is -0.478 e. The lowest BCUT2D eigenvalue weighted by Crippen LogP contribution is -2.36. The second kappa shape index (κ2) is 5.83. The number of aliphatic hydroxyl groups excluding tert-OH is 1. The van der Waals surface area contributed by atoms with Gasteiger partial charge >= 0.3 is 5.97 Å². The minimum atomic E-state index is -1.13. The fourth-order valence-electron chi connectivity index (χ4n) is 2.23. The summed E-state index contributed by atoms with van der Waals surface area (Å²) in [6.07, 6.45) is 1.24. The first-order chi connectivity index (χ1) is 9.52. The molecule has 20 heavy (non-hydrogen) atoms. The number of aliphatic carboxylic acids is 1. The van der Waals surface area contributed by atoms with E-state index in [4.69, 9.17) is 5.11 Å². The van der Waals surface area contributed by atoms with Gasteiger partial charge in [-0.25, -0.2) is 9.18 Å². The summed E-state index contributed by atoms with van der Waals surface area (Å²) < 4.78 is 12.9. The van der Waals surface area contributed by atoms with E-state index in [0.717, 1.165) is 0 Å². The molecule has 0 fully saturated rings. The maximum atomic E-state index is 12.9. The number of carbonyl (C=O) groups excluding carboxylic acids is 1. The van der Waals surface area contributed by atoms with Crippen LogP contribution in [0.3, 0.4) is 0 Å². The number of hydrogen-bond acceptors (Lipinski definition) is 3. The lowest BCUT2D eigenvalue weighted by Gasteiger charge is -2.29. The Bertz CT molecular complexity index is 553. The second-order valence-electron chi connectivity index (χ2n) is 4.51. The van der Waals surface area contributed by atoms with Crippen LogP contribution in [-0.2, 0) is 9.59 Å². The van der Waals surface area contributed by atoms with Crippen LogP contribution in [0.15, 0.2) is 36.0 Å². The summed E-state index contributed by atoms with van der Waals surface area (Å²) in [5.41, 5.74) is 0.640. The molecule has 0 aliphatic carbocycles. The van der Waals surface area contributed by atoms with Crippen molar-refractivity contribution in [1.82, 2.24) is 4.90 Å². The van der Waals surface area contributed by atoms with Gasteiger partial charge < -0.3 is 15.1 Å². The molecule has 1 atom stereocenters. The summed E-state index contributed by atoms with van der Waals surface area (Å²) in [5.74, 6) is -2.41. The smallest absolute Gasteiger partial charge is 0.333 e. The summed E-state index contributed by atoms with van der Waals surface area (Å²) in [6, 6.07) is 5.43. The fraction of sp³-hybridized carbons (Fsp3) is 0.286. The SMILES string of the molecule is O=C(O)C1=CN(CCO)C(=O)C[C@H]1c1ccc(F)cc1. The molecule has 0 saturated heterocycles. The Kier molecular flexibility index (Phi) is 4.14. The van der Waals surface area contributed by atoms with Crippen LogP contribution in [0.2, 0.25) is 0 Å². The minimum absolute atomic E-state index is 0.0102. The van der Waals surface area contributed by atoms with Crippen molar-refractivity contribution in [3.05, 3.63) is 47.4 Å². The second-order valence-corrected chi connectivity index (χ2v) is 4.51. The Hall–Kier alpha value is -2.21. The number of β-amino-alcohol motifs (C(OH)–C–C–N with tert-alkyl or cyclic N) is 1. The molecule has 1 aliphatic heterocycles. The average molecular weight is 279 g/mol. The summed E-state index contributed by atoms with van der Waals surface area (Å²) in [7, 11) is 0. The van der Waals surface area contributed by atoms with Gasteiger partial charge in [0.2, 0.25) is 5.91 Å². The van der Waals surface area contributed by atoms with Gasteiger partial charge in [-0.2, -0.15) is 0 Å². The molecule has 1 amide bonds. The molecular formula is C14H14FNO4. The first-order valence-corrected chi connectivity index (χ1v) is 6.13. The van der Waals surface area contributed by atoms with Gasteiger partial charge in [-0.1, -0.05) is 12.1 Å². The molecule has 2 rings (SSSR count). The third-order valence-corrected chi connectivity index (χ3v) is 3.23. The van der Waals surface area contributed by atoms with E-state index in [2.05, 4.69) is 0 Å². The predicted octanol–water partition coefficient (Wildman–Crippen LogP) is 1.10. The molecule has 5 nitrogen and oxygen atoms in total. The summed E-state index contributed by atoms with van der Waals surface area (Å²) >= 11 is 0. The zero-order valence-electron chi connectivity index (χ0n) is 10.6. The predicted molar refractivity (Wildman–Crippen MR) is 68.3 cm³/mol. The average Bonchev–Trinajstić information content (AvgIpc) is 2.41. The number of rotatable bonds is 4. The van der Waals surface area contributed by atoms with Crippen molar-refractivity contribution in [2.24, 2.45) is 0 Å². The van der Waals surface area contributed by atoms with E-state index in [9.17, 15) is 19.1 Å². The highest BCUT2D eigenvalue weighted by Crippen LogP contribution is 2.32. The molecule has 1 aromatic rings. The molecule has 2 N–H and O–H groups in total. The Morgan fingerprint density at radius 2 is 2.00 bits per heavy atom. The van der Waals surface area contributed by atoms with Crippen LogP contribution in [0.25, 0.3) is 0 Å². The number of halogens is 1. The third-order valence-electron chi connectivity index (χ3n) is 3.23. The number of carboxylic acid groups (broad SMARTS) is 1. The van der Waals surface area contributed by atoms with Gasteiger partial charge in [0.15, 0.2) is 0 Å². The zero-order valence-corrected chi connectivity index (χ0v) is 10.6. The molecule has 6 heteroatoms. The van der Waals surface area contributed by atoms with Crippen molar-refractivity contribution in [3.8, 4) is 0 Å². The summed E-state index contributed by atoms with van der Waals surface area (Å²) in [4.78, 5) is 24.4. The molecule has 0 radical (unpaired) electrons. The van der Waals surface area contributed by atoms with E-state index in [1.54, 1.807) is 0 Å². The number of carbonyl (C=O) groups is 2. The molecule has 0 aromatic heterocycles. The molecule has 1 heterocycles. The van der Waals surface area contributed by atoms with Crippen LogP contribution >= 0.6 is 0 Å². The third kappa shape index (κ3) is 2.85. The summed E-state index contributed by atoms with van der Waals surface area (Å²) in [6.45, 7) is -0.178. The maximum absolute atomic E-state index is 12.9. The molecule has 106 valence electrons. The first kappa shape index (κ1) is 14.2. The molecule has 0 saturated carbocycles. The van der Waals surface area contributed by atoms with E-state index in [1.807, 2.05) is 0 Å². The van der Waals surface area contributed by atoms with E-state index >= 15 is 0 Å². The van der Waals surface area contributed by atoms with Crippen molar-refractivity contribution in [3.63, 3.8) is 0 Å². The highest BCUT2D eigenvalue weighted by atomic mass is 19.1. The van der Waals surface area contributed by atoms with Crippen molar-refractivity contribution in [2.45, 2.75) is 12.3 Å². The number of nitrogens with zero attached hydrogens (tertiary/aromatic N) is 1. The van der Waals surface area contributed by atoms with Gasteiger partial charge in [0, 0.05) is 25.1 Å². The quantitative estimate of drug-likeness (QED) is 0.865. The Labute approximate surface area is 114 Å². The van der Waals surface area contributed by atoms with E-state index in [1.165, 1.54) is 35.4 Å². The van der Waals surface area contributed by atoms with E-state index in [-0.39, 0.29) is 31.1 Å². The highest BCUT2D eigenvalue weighted by molar-refractivity contribution is 5.93. The normalized spacial score (nSPS) is 18.9. The lowest BCUT2D eigenvalue weighted by atomic mass is 9.86. The largest absolute Gasteiger partial charge is 0.478 e. The fourth-order valence-corrected chi connectivity index (χ4v) is 2.23. The molecule has 0 unspecified atom stereocenters. The zero-order chi connectivity index (χ0) is 14.7. The van der Waals surface area contributed by atoms with Gasteiger partial charge in [-0.15, -0.1) is 0 Å². The van der Waals surface area contributed by atoms with Gasteiger partial charge in [0.1, 0.15) is 5.82 Å². The molecule has 0 spiro atoms. The van der Waals surface area contributed by atoms with Gasteiger partial charge in [0.25, 0.3) is 0 Å².